The second-order valence-electron chi connectivity index (χ2n) is 4.33. The highest BCUT2D eigenvalue weighted by Gasteiger charge is 2.15. The largest absolute Gasteiger partial charge is 0.504 e. The highest BCUT2D eigenvalue weighted by Crippen LogP contribution is 2.29. The van der Waals surface area contributed by atoms with Crippen molar-refractivity contribution in [3.8, 4) is 11.5 Å². The number of methoxy groups -OCH3 is 1. The van der Waals surface area contributed by atoms with Gasteiger partial charge in [0, 0.05) is 12.1 Å². The summed E-state index contributed by atoms with van der Waals surface area (Å²) in [5.41, 5.74) is 0.898. The van der Waals surface area contributed by atoms with Gasteiger partial charge < -0.3 is 15.2 Å². The van der Waals surface area contributed by atoms with E-state index in [0.29, 0.717) is 12.3 Å². The average molecular weight is 253 g/mol. The van der Waals surface area contributed by atoms with E-state index in [0.717, 1.165) is 18.0 Å². The zero-order valence-electron chi connectivity index (χ0n) is 10.1. The first-order valence-electron chi connectivity index (χ1n) is 5.94. The molecule has 1 saturated heterocycles. The molecular formula is C13H19NO2S. The van der Waals surface area contributed by atoms with Crippen molar-refractivity contribution in [1.82, 2.24) is 5.32 Å². The van der Waals surface area contributed by atoms with E-state index in [1.165, 1.54) is 17.9 Å². The Balaban J connectivity index is 1.85. The molecular weight excluding hydrogens is 234 g/mol. The summed E-state index contributed by atoms with van der Waals surface area (Å²) in [7, 11) is 1.57. The summed E-state index contributed by atoms with van der Waals surface area (Å²) < 4.78 is 5.08. The molecule has 0 radical (unpaired) electrons. The Kier molecular flexibility index (Phi) is 4.57. The summed E-state index contributed by atoms with van der Waals surface area (Å²) in [6.45, 7) is 1.73. The molecule has 94 valence electrons. The van der Waals surface area contributed by atoms with Gasteiger partial charge in [-0.25, -0.2) is 0 Å². The van der Waals surface area contributed by atoms with Gasteiger partial charge in [0.15, 0.2) is 11.5 Å². The van der Waals surface area contributed by atoms with E-state index in [1.807, 2.05) is 23.9 Å². The molecule has 3 nitrogen and oxygen atoms in total. The van der Waals surface area contributed by atoms with E-state index in [2.05, 4.69) is 5.32 Å². The van der Waals surface area contributed by atoms with Gasteiger partial charge in [-0.2, -0.15) is 11.8 Å². The van der Waals surface area contributed by atoms with Gasteiger partial charge in [-0.05, 0) is 36.5 Å². The zero-order chi connectivity index (χ0) is 12.1. The van der Waals surface area contributed by atoms with Crippen LogP contribution < -0.4 is 10.1 Å². The number of nitrogens with one attached hydrogen (secondary N) is 1. The maximum Gasteiger partial charge on any atom is 0.162 e. The van der Waals surface area contributed by atoms with Gasteiger partial charge in [-0.15, -0.1) is 0 Å². The minimum atomic E-state index is 0.253. The number of para-hydroxylation sites is 1. The third-order valence-electron chi connectivity index (χ3n) is 3.07. The lowest BCUT2D eigenvalue weighted by atomic mass is 10.1. The van der Waals surface area contributed by atoms with Crippen molar-refractivity contribution in [2.24, 2.45) is 5.92 Å². The van der Waals surface area contributed by atoms with E-state index in [9.17, 15) is 5.11 Å². The van der Waals surface area contributed by atoms with Crippen LogP contribution >= 0.6 is 11.8 Å². The van der Waals surface area contributed by atoms with Crippen molar-refractivity contribution in [1.29, 1.82) is 0 Å². The van der Waals surface area contributed by atoms with Gasteiger partial charge in [0.25, 0.3) is 0 Å². The molecule has 0 aliphatic carbocycles. The molecule has 0 bridgehead atoms. The van der Waals surface area contributed by atoms with Crippen molar-refractivity contribution in [2.45, 2.75) is 13.0 Å². The molecule has 1 fully saturated rings. The maximum absolute atomic E-state index is 9.91. The minimum absolute atomic E-state index is 0.253. The van der Waals surface area contributed by atoms with Gasteiger partial charge in [0.05, 0.1) is 7.11 Å². The molecule has 0 aromatic heterocycles. The van der Waals surface area contributed by atoms with Crippen LogP contribution in [0.4, 0.5) is 0 Å². The predicted octanol–water partition coefficient (Wildman–Crippen LogP) is 2.24. The number of phenolic OH excluding ortho intramolecular Hbond substituents is 1. The fourth-order valence-electron chi connectivity index (χ4n) is 2.03. The van der Waals surface area contributed by atoms with Crippen LogP contribution in [0.5, 0.6) is 11.5 Å². The van der Waals surface area contributed by atoms with Crippen LogP contribution in [0.25, 0.3) is 0 Å². The number of hydrogen-bond acceptors (Lipinski definition) is 4. The van der Waals surface area contributed by atoms with E-state index in [1.54, 1.807) is 13.2 Å². The first-order chi connectivity index (χ1) is 8.31. The zero-order valence-corrected chi connectivity index (χ0v) is 10.9. The summed E-state index contributed by atoms with van der Waals surface area (Å²) in [4.78, 5) is 0. The fourth-order valence-corrected chi connectivity index (χ4v) is 3.31. The van der Waals surface area contributed by atoms with Gasteiger partial charge in [0.1, 0.15) is 0 Å². The topological polar surface area (TPSA) is 41.5 Å². The highest BCUT2D eigenvalue weighted by molar-refractivity contribution is 7.99. The molecule has 2 N–H and O–H groups in total. The van der Waals surface area contributed by atoms with Crippen molar-refractivity contribution in [3.63, 3.8) is 0 Å². The summed E-state index contributed by atoms with van der Waals surface area (Å²) in [5.74, 6) is 4.13. The lowest BCUT2D eigenvalue weighted by Gasteiger charge is -2.12. The Morgan fingerprint density at radius 1 is 1.53 bits per heavy atom. The summed E-state index contributed by atoms with van der Waals surface area (Å²) in [6.07, 6.45) is 1.31. The van der Waals surface area contributed by atoms with Gasteiger partial charge in [-0.1, -0.05) is 12.1 Å². The van der Waals surface area contributed by atoms with Crippen LogP contribution in [0, 0.1) is 5.92 Å². The number of rotatable bonds is 5. The van der Waals surface area contributed by atoms with Crippen molar-refractivity contribution in [3.05, 3.63) is 23.8 Å². The minimum Gasteiger partial charge on any atom is -0.504 e. The van der Waals surface area contributed by atoms with Gasteiger partial charge in [0.2, 0.25) is 0 Å². The SMILES string of the molecule is COc1cccc(CNCC2CCSC2)c1O. The average Bonchev–Trinajstić information content (AvgIpc) is 2.84. The number of benzene rings is 1. The van der Waals surface area contributed by atoms with Crippen molar-refractivity contribution in [2.75, 3.05) is 25.2 Å². The molecule has 4 heteroatoms. The predicted molar refractivity (Wildman–Crippen MR) is 71.8 cm³/mol. The molecule has 2 rings (SSSR count). The normalized spacial score (nSPS) is 19.5. The Bertz CT molecular complexity index is 364. The maximum atomic E-state index is 9.91. The number of hydrogen-bond donors (Lipinski definition) is 2. The molecule has 1 aliphatic rings. The van der Waals surface area contributed by atoms with Crippen molar-refractivity contribution >= 4 is 11.8 Å². The first kappa shape index (κ1) is 12.6. The number of ether oxygens (including phenoxy) is 1. The molecule has 1 aliphatic heterocycles. The second-order valence-corrected chi connectivity index (χ2v) is 5.48. The highest BCUT2D eigenvalue weighted by atomic mass is 32.2. The smallest absolute Gasteiger partial charge is 0.162 e. The lowest BCUT2D eigenvalue weighted by Crippen LogP contribution is -2.22. The molecule has 0 saturated carbocycles. The van der Waals surface area contributed by atoms with E-state index >= 15 is 0 Å². The van der Waals surface area contributed by atoms with Crippen LogP contribution in [0.3, 0.4) is 0 Å². The van der Waals surface area contributed by atoms with Crippen LogP contribution in [-0.4, -0.2) is 30.3 Å². The monoisotopic (exact) mass is 253 g/mol. The number of phenols is 1. The van der Waals surface area contributed by atoms with E-state index in [4.69, 9.17) is 4.74 Å². The quantitative estimate of drug-likeness (QED) is 0.844. The van der Waals surface area contributed by atoms with E-state index in [-0.39, 0.29) is 5.75 Å². The molecule has 17 heavy (non-hydrogen) atoms. The third kappa shape index (κ3) is 3.30. The van der Waals surface area contributed by atoms with Gasteiger partial charge in [-0.3, -0.25) is 0 Å². The van der Waals surface area contributed by atoms with E-state index < -0.39 is 0 Å². The second kappa shape index (κ2) is 6.17. The summed E-state index contributed by atoms with van der Waals surface area (Å²) in [6, 6.07) is 5.60. The molecule has 0 amide bonds. The molecule has 0 spiro atoms. The standard InChI is InChI=1S/C13H19NO2S/c1-16-12-4-2-3-11(13(12)15)8-14-7-10-5-6-17-9-10/h2-4,10,14-15H,5-9H2,1H3. The first-order valence-corrected chi connectivity index (χ1v) is 7.10. The third-order valence-corrected chi connectivity index (χ3v) is 4.31. The van der Waals surface area contributed by atoms with Crippen molar-refractivity contribution < 1.29 is 9.84 Å². The Labute approximate surface area is 107 Å². The number of thioether (sulfide) groups is 1. The fraction of sp³-hybridized carbons (Fsp3) is 0.538. The molecule has 1 unspecified atom stereocenters. The van der Waals surface area contributed by atoms with Crippen LogP contribution in [0.15, 0.2) is 18.2 Å². The Morgan fingerprint density at radius 3 is 3.12 bits per heavy atom. The Morgan fingerprint density at radius 2 is 2.41 bits per heavy atom. The van der Waals surface area contributed by atoms with Crippen LogP contribution in [0.1, 0.15) is 12.0 Å². The van der Waals surface area contributed by atoms with Crippen LogP contribution in [0.2, 0.25) is 0 Å². The molecule has 1 aromatic rings. The van der Waals surface area contributed by atoms with Crippen LogP contribution in [-0.2, 0) is 6.54 Å². The lowest BCUT2D eigenvalue weighted by molar-refractivity contribution is 0.369. The summed E-state index contributed by atoms with van der Waals surface area (Å²) in [5, 5.41) is 13.3. The molecule has 1 aromatic carbocycles. The number of aromatic hydroxyl groups is 1. The summed E-state index contributed by atoms with van der Waals surface area (Å²) >= 11 is 2.03. The molecule has 1 heterocycles. The van der Waals surface area contributed by atoms with Gasteiger partial charge >= 0.3 is 0 Å². The Hall–Kier alpha value is -0.870. The molecule has 1 atom stereocenters.